The summed E-state index contributed by atoms with van der Waals surface area (Å²) < 4.78 is 5.63. The first-order chi connectivity index (χ1) is 12.0. The molecule has 3 aromatic rings. The number of rotatable bonds is 2. The zero-order chi connectivity index (χ0) is 18.2. The highest BCUT2D eigenvalue weighted by molar-refractivity contribution is 6.33. The largest absolute Gasteiger partial charge is 0.457 e. The summed E-state index contributed by atoms with van der Waals surface area (Å²) in [5.41, 5.74) is 2.37. The topological polar surface area (TPSA) is 45.9 Å². The van der Waals surface area contributed by atoms with E-state index in [1.807, 2.05) is 60.7 Å². The first-order valence-electron chi connectivity index (χ1n) is 7.52. The van der Waals surface area contributed by atoms with Crippen LogP contribution in [0.5, 0.6) is 11.5 Å². The molecule has 0 aliphatic heterocycles. The number of aryl methyl sites for hydroxylation is 2. The van der Waals surface area contributed by atoms with Gasteiger partial charge in [0.2, 0.25) is 0 Å². The van der Waals surface area contributed by atoms with Gasteiger partial charge in [0.25, 0.3) is 0 Å². The maximum Gasteiger partial charge on any atom is 0.148 e. The molecule has 126 valence electrons. The number of pyridine rings is 1. The van der Waals surface area contributed by atoms with Gasteiger partial charge in [-0.2, -0.15) is 5.26 Å². The van der Waals surface area contributed by atoms with Crippen molar-refractivity contribution in [1.82, 2.24) is 4.98 Å². The van der Waals surface area contributed by atoms with Crippen LogP contribution in [0.4, 0.5) is 0 Å². The number of para-hydroxylation sites is 1. The van der Waals surface area contributed by atoms with Gasteiger partial charge in [-0.25, -0.2) is 4.98 Å². The number of hydrogen-bond donors (Lipinski definition) is 0. The highest BCUT2D eigenvalue weighted by Crippen LogP contribution is 2.21. The van der Waals surface area contributed by atoms with Crippen molar-refractivity contribution in [2.75, 3.05) is 0 Å². The molecule has 0 aliphatic carbocycles. The summed E-state index contributed by atoms with van der Waals surface area (Å²) in [7, 11) is 0. The van der Waals surface area contributed by atoms with Crippen LogP contribution in [0.15, 0.2) is 60.7 Å². The normalized spacial score (nSPS) is 9.56. The van der Waals surface area contributed by atoms with E-state index in [9.17, 15) is 0 Å². The molecule has 0 amide bonds. The second-order valence-corrected chi connectivity index (χ2v) is 6.01. The molecule has 0 saturated heterocycles. The molecule has 0 fully saturated rings. The van der Waals surface area contributed by atoms with Gasteiger partial charge in [0.1, 0.15) is 27.9 Å². The predicted molar refractivity (Wildman–Crippen MR) is 101 cm³/mol. The summed E-state index contributed by atoms with van der Waals surface area (Å²) in [6.07, 6.45) is 0. The Hall–Kier alpha value is -2.54. The van der Waals surface area contributed by atoms with Gasteiger partial charge in [0.05, 0.1) is 5.56 Å². The van der Waals surface area contributed by atoms with Crippen molar-refractivity contribution in [3.05, 3.63) is 87.7 Å². The van der Waals surface area contributed by atoms with Crippen molar-refractivity contribution in [2.45, 2.75) is 13.8 Å². The summed E-state index contributed by atoms with van der Waals surface area (Å²) >= 11 is 11.2. The SMILES string of the molecule is Cc1cc(Cl)nc(Cl)c1C#N.Cc1ccc(Oc2ccccc2)cc1. The predicted octanol–water partition coefficient (Wildman–Crippen LogP) is 6.36. The first kappa shape index (κ1) is 18.8. The summed E-state index contributed by atoms with van der Waals surface area (Å²) in [4.78, 5) is 3.71. The van der Waals surface area contributed by atoms with Gasteiger partial charge >= 0.3 is 0 Å². The van der Waals surface area contributed by atoms with Crippen LogP contribution >= 0.6 is 23.2 Å². The Morgan fingerprint density at radius 3 is 2.08 bits per heavy atom. The lowest BCUT2D eigenvalue weighted by Crippen LogP contribution is -1.87. The third-order valence-corrected chi connectivity index (χ3v) is 3.72. The zero-order valence-electron chi connectivity index (χ0n) is 13.8. The average molecular weight is 371 g/mol. The number of benzene rings is 2. The number of nitrogens with zero attached hydrogens (tertiary/aromatic N) is 2. The summed E-state index contributed by atoms with van der Waals surface area (Å²) in [6.45, 7) is 3.82. The van der Waals surface area contributed by atoms with Gasteiger partial charge in [-0.1, -0.05) is 59.1 Å². The number of nitriles is 1. The van der Waals surface area contributed by atoms with Crippen molar-refractivity contribution in [3.8, 4) is 17.6 Å². The molecule has 3 nitrogen and oxygen atoms in total. The van der Waals surface area contributed by atoms with Crippen molar-refractivity contribution in [2.24, 2.45) is 0 Å². The smallest absolute Gasteiger partial charge is 0.148 e. The monoisotopic (exact) mass is 370 g/mol. The van der Waals surface area contributed by atoms with Crippen LogP contribution in [0.1, 0.15) is 16.7 Å². The number of hydrogen-bond acceptors (Lipinski definition) is 3. The molecule has 0 bridgehead atoms. The lowest BCUT2D eigenvalue weighted by Gasteiger charge is -2.04. The Labute approximate surface area is 157 Å². The van der Waals surface area contributed by atoms with Crippen LogP contribution in [0.3, 0.4) is 0 Å². The molecule has 3 rings (SSSR count). The molecule has 5 heteroatoms. The highest BCUT2D eigenvalue weighted by Gasteiger charge is 2.05. The number of ether oxygens (including phenoxy) is 1. The van der Waals surface area contributed by atoms with E-state index in [1.54, 1.807) is 13.0 Å². The van der Waals surface area contributed by atoms with Crippen LogP contribution in [0.25, 0.3) is 0 Å². The summed E-state index contributed by atoms with van der Waals surface area (Å²) in [5.74, 6) is 1.75. The van der Waals surface area contributed by atoms with E-state index in [1.165, 1.54) is 5.56 Å². The van der Waals surface area contributed by atoms with E-state index in [0.717, 1.165) is 17.1 Å². The van der Waals surface area contributed by atoms with Crippen LogP contribution in [-0.4, -0.2) is 4.98 Å². The second-order valence-electron chi connectivity index (χ2n) is 5.27. The highest BCUT2D eigenvalue weighted by atomic mass is 35.5. The third-order valence-electron chi connectivity index (χ3n) is 3.25. The fourth-order valence-corrected chi connectivity index (χ4v) is 2.53. The number of aromatic nitrogens is 1. The molecule has 0 N–H and O–H groups in total. The van der Waals surface area contributed by atoms with Crippen LogP contribution in [-0.2, 0) is 0 Å². The Morgan fingerprint density at radius 1 is 0.920 bits per heavy atom. The lowest BCUT2D eigenvalue weighted by molar-refractivity contribution is 0.482. The minimum Gasteiger partial charge on any atom is -0.457 e. The summed E-state index contributed by atoms with van der Waals surface area (Å²) in [5, 5.41) is 9.05. The maximum atomic E-state index is 8.57. The first-order valence-corrected chi connectivity index (χ1v) is 8.27. The van der Waals surface area contributed by atoms with Crippen molar-refractivity contribution >= 4 is 23.2 Å². The van der Waals surface area contributed by atoms with Gasteiger partial charge in [-0.15, -0.1) is 0 Å². The zero-order valence-corrected chi connectivity index (χ0v) is 15.3. The molecule has 0 radical (unpaired) electrons. The van der Waals surface area contributed by atoms with Crippen LogP contribution < -0.4 is 4.74 Å². The van der Waals surface area contributed by atoms with E-state index >= 15 is 0 Å². The molecule has 0 spiro atoms. The average Bonchev–Trinajstić information content (AvgIpc) is 2.58. The molecule has 0 aliphatic rings. The Kier molecular flexibility index (Phi) is 6.82. The van der Waals surface area contributed by atoms with Crippen LogP contribution in [0, 0.1) is 25.2 Å². The van der Waals surface area contributed by atoms with Crippen LogP contribution in [0.2, 0.25) is 10.3 Å². The molecular formula is C20H16Cl2N2O. The van der Waals surface area contributed by atoms with Crippen molar-refractivity contribution in [3.63, 3.8) is 0 Å². The molecule has 2 aromatic carbocycles. The van der Waals surface area contributed by atoms with E-state index in [4.69, 9.17) is 33.2 Å². The maximum absolute atomic E-state index is 8.57. The third kappa shape index (κ3) is 5.79. The lowest BCUT2D eigenvalue weighted by atomic mass is 10.2. The van der Waals surface area contributed by atoms with Gasteiger partial charge in [0, 0.05) is 0 Å². The fraction of sp³-hybridized carbons (Fsp3) is 0.100. The molecule has 0 atom stereocenters. The molecule has 0 saturated carbocycles. The standard InChI is InChI=1S/C13H12O.C7H4Cl2N2/c1-11-7-9-13(10-8-11)14-12-5-3-2-4-6-12;1-4-2-6(8)11-7(9)5(4)3-10/h2-10H,1H3;2H,1H3. The quantitative estimate of drug-likeness (QED) is 0.493. The molecule has 1 aromatic heterocycles. The molecular weight excluding hydrogens is 355 g/mol. The van der Waals surface area contributed by atoms with E-state index in [2.05, 4.69) is 11.9 Å². The van der Waals surface area contributed by atoms with Gasteiger partial charge < -0.3 is 4.74 Å². The molecule has 0 unspecified atom stereocenters. The van der Waals surface area contributed by atoms with Crippen molar-refractivity contribution < 1.29 is 4.74 Å². The Morgan fingerprint density at radius 2 is 1.52 bits per heavy atom. The fourth-order valence-electron chi connectivity index (χ4n) is 1.96. The molecule has 1 heterocycles. The van der Waals surface area contributed by atoms with E-state index < -0.39 is 0 Å². The van der Waals surface area contributed by atoms with E-state index in [-0.39, 0.29) is 5.15 Å². The minimum absolute atomic E-state index is 0.164. The van der Waals surface area contributed by atoms with E-state index in [0.29, 0.717) is 10.7 Å². The van der Waals surface area contributed by atoms with Crippen molar-refractivity contribution in [1.29, 1.82) is 5.26 Å². The Bertz CT molecular complexity index is 849. The van der Waals surface area contributed by atoms with Gasteiger partial charge in [-0.05, 0) is 49.7 Å². The van der Waals surface area contributed by atoms with Gasteiger partial charge in [0.15, 0.2) is 0 Å². The Balaban J connectivity index is 0.000000186. The molecule has 25 heavy (non-hydrogen) atoms. The number of halogens is 2. The minimum atomic E-state index is 0.164. The van der Waals surface area contributed by atoms with Gasteiger partial charge in [-0.3, -0.25) is 0 Å². The summed E-state index contributed by atoms with van der Waals surface area (Å²) in [6, 6.07) is 21.4. The second kappa shape index (κ2) is 9.08.